The molecule has 25 heavy (non-hydrogen) atoms. The molecule has 0 radical (unpaired) electrons. The SMILES string of the molecule is CCCCOC(=O)[C@H](C)Oc1ccc(Oc2ccc(N)cc2F)cc1. The van der Waals surface area contributed by atoms with Gasteiger partial charge >= 0.3 is 5.97 Å². The molecular weight excluding hydrogens is 325 g/mol. The number of nitrogens with two attached hydrogens (primary N) is 1. The Hall–Kier alpha value is -2.76. The van der Waals surface area contributed by atoms with Crippen molar-refractivity contribution in [3.05, 3.63) is 48.3 Å². The molecule has 2 rings (SSSR count). The van der Waals surface area contributed by atoms with Gasteiger partial charge < -0.3 is 19.9 Å². The Kier molecular flexibility index (Phi) is 6.62. The lowest BCUT2D eigenvalue weighted by Crippen LogP contribution is -2.26. The van der Waals surface area contributed by atoms with Crippen LogP contribution < -0.4 is 15.2 Å². The van der Waals surface area contributed by atoms with Crippen LogP contribution in [0.1, 0.15) is 26.7 Å². The first-order chi connectivity index (χ1) is 12.0. The third kappa shape index (κ3) is 5.67. The van der Waals surface area contributed by atoms with Crippen LogP contribution in [0.25, 0.3) is 0 Å². The van der Waals surface area contributed by atoms with E-state index >= 15 is 0 Å². The molecule has 0 aromatic heterocycles. The number of nitrogen functional groups attached to an aromatic ring is 1. The third-order valence-corrected chi connectivity index (χ3v) is 3.39. The summed E-state index contributed by atoms with van der Waals surface area (Å²) in [6.45, 7) is 4.04. The van der Waals surface area contributed by atoms with Crippen molar-refractivity contribution in [2.24, 2.45) is 0 Å². The Bertz CT molecular complexity index is 703. The number of ether oxygens (including phenoxy) is 3. The number of benzene rings is 2. The largest absolute Gasteiger partial charge is 0.479 e. The maximum Gasteiger partial charge on any atom is 0.347 e. The van der Waals surface area contributed by atoms with Crippen LogP contribution in [0.5, 0.6) is 17.2 Å². The summed E-state index contributed by atoms with van der Waals surface area (Å²) >= 11 is 0. The van der Waals surface area contributed by atoms with Gasteiger partial charge in [0.1, 0.15) is 11.5 Å². The number of rotatable bonds is 8. The van der Waals surface area contributed by atoms with Crippen molar-refractivity contribution in [3.8, 4) is 17.2 Å². The van der Waals surface area contributed by atoms with Gasteiger partial charge in [0, 0.05) is 11.8 Å². The van der Waals surface area contributed by atoms with Gasteiger partial charge in [0.2, 0.25) is 0 Å². The molecule has 2 N–H and O–H groups in total. The highest BCUT2D eigenvalue weighted by molar-refractivity contribution is 5.74. The molecule has 0 heterocycles. The molecule has 0 fully saturated rings. The first kappa shape index (κ1) is 18.6. The van der Waals surface area contributed by atoms with Gasteiger partial charge in [0.05, 0.1) is 6.61 Å². The van der Waals surface area contributed by atoms with Crippen LogP contribution in [0.3, 0.4) is 0 Å². The number of unbranched alkanes of at least 4 members (excludes halogenated alkanes) is 1. The van der Waals surface area contributed by atoms with Crippen molar-refractivity contribution in [2.45, 2.75) is 32.8 Å². The fourth-order valence-corrected chi connectivity index (χ4v) is 2.00. The molecule has 0 bridgehead atoms. The van der Waals surface area contributed by atoms with Crippen molar-refractivity contribution in [2.75, 3.05) is 12.3 Å². The summed E-state index contributed by atoms with van der Waals surface area (Å²) in [4.78, 5) is 11.8. The molecule has 0 saturated heterocycles. The summed E-state index contributed by atoms with van der Waals surface area (Å²) in [5, 5.41) is 0. The summed E-state index contributed by atoms with van der Waals surface area (Å²) < 4.78 is 29.8. The normalized spacial score (nSPS) is 11.6. The van der Waals surface area contributed by atoms with E-state index in [1.54, 1.807) is 37.3 Å². The molecule has 2 aromatic carbocycles. The zero-order chi connectivity index (χ0) is 18.2. The Morgan fingerprint density at radius 3 is 2.48 bits per heavy atom. The zero-order valence-electron chi connectivity index (χ0n) is 14.3. The van der Waals surface area contributed by atoms with E-state index in [9.17, 15) is 9.18 Å². The summed E-state index contributed by atoms with van der Waals surface area (Å²) in [5.74, 6) is 0.0662. The van der Waals surface area contributed by atoms with Gasteiger partial charge in [-0.3, -0.25) is 0 Å². The van der Waals surface area contributed by atoms with E-state index in [1.807, 2.05) is 6.92 Å². The molecule has 0 spiro atoms. The number of hydrogen-bond acceptors (Lipinski definition) is 5. The van der Waals surface area contributed by atoms with E-state index in [4.69, 9.17) is 19.9 Å². The molecular formula is C19H22FNO4. The summed E-state index contributed by atoms with van der Waals surface area (Å²) in [7, 11) is 0. The molecule has 6 heteroatoms. The second kappa shape index (κ2) is 8.92. The maximum absolute atomic E-state index is 13.7. The summed E-state index contributed by atoms with van der Waals surface area (Å²) in [5.41, 5.74) is 5.83. The smallest absolute Gasteiger partial charge is 0.347 e. The number of hydrogen-bond donors (Lipinski definition) is 1. The van der Waals surface area contributed by atoms with E-state index in [0.717, 1.165) is 12.8 Å². The molecule has 0 unspecified atom stereocenters. The van der Waals surface area contributed by atoms with Crippen LogP contribution in [0.15, 0.2) is 42.5 Å². The van der Waals surface area contributed by atoms with Crippen molar-refractivity contribution in [1.29, 1.82) is 0 Å². The summed E-state index contributed by atoms with van der Waals surface area (Å²) in [6, 6.07) is 10.7. The van der Waals surface area contributed by atoms with Gasteiger partial charge in [-0.1, -0.05) is 13.3 Å². The zero-order valence-corrected chi connectivity index (χ0v) is 14.3. The van der Waals surface area contributed by atoms with Crippen LogP contribution >= 0.6 is 0 Å². The van der Waals surface area contributed by atoms with Crippen LogP contribution in [-0.4, -0.2) is 18.7 Å². The number of halogens is 1. The standard InChI is InChI=1S/C19H22FNO4/c1-3-4-11-23-19(22)13(2)24-15-6-8-16(9-7-15)25-18-10-5-14(21)12-17(18)20/h5-10,12-13H,3-4,11,21H2,1-2H3/t13-/m0/s1. The highest BCUT2D eigenvalue weighted by atomic mass is 19.1. The van der Waals surface area contributed by atoms with Gasteiger partial charge in [0.25, 0.3) is 0 Å². The molecule has 0 aliphatic rings. The number of anilines is 1. The molecule has 1 atom stereocenters. The average Bonchev–Trinajstić information content (AvgIpc) is 2.59. The Morgan fingerprint density at radius 2 is 1.84 bits per heavy atom. The second-order valence-electron chi connectivity index (χ2n) is 5.54. The van der Waals surface area contributed by atoms with E-state index in [0.29, 0.717) is 23.8 Å². The fourth-order valence-electron chi connectivity index (χ4n) is 2.00. The van der Waals surface area contributed by atoms with Gasteiger partial charge in [-0.05, 0) is 49.7 Å². The van der Waals surface area contributed by atoms with Crippen molar-refractivity contribution < 1.29 is 23.4 Å². The Balaban J connectivity index is 1.92. The monoisotopic (exact) mass is 347 g/mol. The second-order valence-corrected chi connectivity index (χ2v) is 5.54. The predicted octanol–water partition coefficient (Wildman–Crippen LogP) is 4.31. The van der Waals surface area contributed by atoms with Crippen molar-refractivity contribution in [3.63, 3.8) is 0 Å². The van der Waals surface area contributed by atoms with Crippen LogP contribution in [0, 0.1) is 5.82 Å². The molecule has 134 valence electrons. The van der Waals surface area contributed by atoms with E-state index < -0.39 is 17.9 Å². The van der Waals surface area contributed by atoms with Crippen LogP contribution in [0.2, 0.25) is 0 Å². The highest BCUT2D eigenvalue weighted by Crippen LogP contribution is 2.27. The molecule has 0 amide bonds. The van der Waals surface area contributed by atoms with E-state index in [-0.39, 0.29) is 5.75 Å². The lowest BCUT2D eigenvalue weighted by molar-refractivity contribution is -0.151. The van der Waals surface area contributed by atoms with E-state index in [1.165, 1.54) is 12.1 Å². The topological polar surface area (TPSA) is 70.8 Å². The average molecular weight is 347 g/mol. The molecule has 2 aromatic rings. The number of esters is 1. The quantitative estimate of drug-likeness (QED) is 0.438. The van der Waals surface area contributed by atoms with Crippen molar-refractivity contribution >= 4 is 11.7 Å². The minimum absolute atomic E-state index is 0.0794. The molecule has 5 nitrogen and oxygen atoms in total. The minimum Gasteiger partial charge on any atom is -0.479 e. The van der Waals surface area contributed by atoms with Crippen LogP contribution in [0.4, 0.5) is 10.1 Å². The van der Waals surface area contributed by atoms with Gasteiger partial charge in [-0.15, -0.1) is 0 Å². The molecule has 0 aliphatic heterocycles. The Morgan fingerprint density at radius 1 is 1.16 bits per heavy atom. The lowest BCUT2D eigenvalue weighted by atomic mass is 10.3. The third-order valence-electron chi connectivity index (χ3n) is 3.39. The predicted molar refractivity (Wildman–Crippen MR) is 93.3 cm³/mol. The van der Waals surface area contributed by atoms with Gasteiger partial charge in [0.15, 0.2) is 17.7 Å². The molecule has 0 saturated carbocycles. The first-order valence-electron chi connectivity index (χ1n) is 8.16. The molecule has 0 aliphatic carbocycles. The first-order valence-corrected chi connectivity index (χ1v) is 8.16. The van der Waals surface area contributed by atoms with Gasteiger partial charge in [-0.2, -0.15) is 0 Å². The van der Waals surface area contributed by atoms with Crippen molar-refractivity contribution in [1.82, 2.24) is 0 Å². The highest BCUT2D eigenvalue weighted by Gasteiger charge is 2.16. The minimum atomic E-state index is -0.710. The maximum atomic E-state index is 13.7. The Labute approximate surface area is 146 Å². The number of carbonyl (C=O) groups excluding carboxylic acids is 1. The lowest BCUT2D eigenvalue weighted by Gasteiger charge is -2.14. The van der Waals surface area contributed by atoms with Gasteiger partial charge in [-0.25, -0.2) is 9.18 Å². The van der Waals surface area contributed by atoms with E-state index in [2.05, 4.69) is 0 Å². The number of carbonyl (C=O) groups is 1. The van der Waals surface area contributed by atoms with Crippen LogP contribution in [-0.2, 0) is 9.53 Å². The fraction of sp³-hybridized carbons (Fsp3) is 0.316. The summed E-state index contributed by atoms with van der Waals surface area (Å²) in [6.07, 6.45) is 1.07.